The smallest absolute Gasteiger partial charge is 0.125 e. The summed E-state index contributed by atoms with van der Waals surface area (Å²) in [5.74, 6) is 1.96. The number of nitrogens with one attached hydrogen (secondary N) is 1. The fourth-order valence-electron chi connectivity index (χ4n) is 1.47. The molecule has 0 bridgehead atoms. The van der Waals surface area contributed by atoms with E-state index in [0.717, 1.165) is 21.1 Å². The largest absolute Gasteiger partial charge is 0.384 e. The minimum atomic E-state index is 0.169. The monoisotopic (exact) mass is 268 g/mol. The van der Waals surface area contributed by atoms with Crippen LogP contribution in [0.3, 0.4) is 0 Å². The average Bonchev–Trinajstić information content (AvgIpc) is 2.27. The van der Waals surface area contributed by atoms with Gasteiger partial charge in [0.05, 0.1) is 0 Å². The van der Waals surface area contributed by atoms with Gasteiger partial charge in [-0.2, -0.15) is 0 Å². The SMILES string of the molecule is CSc1cccc(SCCC(C)C)c1C(=N)N. The second-order valence-electron chi connectivity index (χ2n) is 4.28. The molecule has 1 aromatic carbocycles. The number of nitrogens with two attached hydrogens (primary N) is 1. The average molecular weight is 268 g/mol. The highest BCUT2D eigenvalue weighted by molar-refractivity contribution is 8.00. The Kier molecular flexibility index (Phi) is 5.92. The van der Waals surface area contributed by atoms with Gasteiger partial charge >= 0.3 is 0 Å². The first-order chi connectivity index (χ1) is 8.06. The third kappa shape index (κ3) is 4.28. The highest BCUT2D eigenvalue weighted by Gasteiger charge is 2.11. The Labute approximate surface area is 112 Å². The topological polar surface area (TPSA) is 49.9 Å². The standard InChI is InChI=1S/C13H20N2S2/c1-9(2)7-8-17-11-6-4-5-10(16-3)12(11)13(14)15/h4-6,9H,7-8H2,1-3H3,(H3,14,15). The van der Waals surface area contributed by atoms with Crippen molar-refractivity contribution in [2.75, 3.05) is 12.0 Å². The van der Waals surface area contributed by atoms with Crippen LogP contribution in [0.2, 0.25) is 0 Å². The fourth-order valence-corrected chi connectivity index (χ4v) is 3.52. The van der Waals surface area contributed by atoms with Crippen molar-refractivity contribution in [3.8, 4) is 0 Å². The van der Waals surface area contributed by atoms with E-state index in [1.165, 1.54) is 6.42 Å². The predicted octanol–water partition coefficient (Wildman–Crippen LogP) is 3.83. The Morgan fingerprint density at radius 1 is 1.35 bits per heavy atom. The summed E-state index contributed by atoms with van der Waals surface area (Å²) in [4.78, 5) is 2.22. The number of nitrogen functional groups attached to an aromatic ring is 1. The van der Waals surface area contributed by atoms with Crippen molar-refractivity contribution in [1.82, 2.24) is 0 Å². The summed E-state index contributed by atoms with van der Waals surface area (Å²) < 4.78 is 0. The van der Waals surface area contributed by atoms with E-state index >= 15 is 0 Å². The fraction of sp³-hybridized carbons (Fsp3) is 0.462. The zero-order valence-corrected chi connectivity index (χ0v) is 12.3. The van der Waals surface area contributed by atoms with E-state index < -0.39 is 0 Å². The Hall–Kier alpha value is -0.610. The van der Waals surface area contributed by atoms with Crippen molar-refractivity contribution in [3.05, 3.63) is 23.8 Å². The maximum Gasteiger partial charge on any atom is 0.125 e. The first-order valence-corrected chi connectivity index (χ1v) is 7.91. The van der Waals surface area contributed by atoms with Crippen LogP contribution < -0.4 is 5.73 Å². The summed E-state index contributed by atoms with van der Waals surface area (Å²) in [6, 6.07) is 6.12. The van der Waals surface area contributed by atoms with Crippen LogP contribution in [0.25, 0.3) is 0 Å². The third-order valence-corrected chi connectivity index (χ3v) is 4.30. The molecular weight excluding hydrogens is 248 g/mol. The van der Waals surface area contributed by atoms with Gasteiger partial charge < -0.3 is 5.73 Å². The lowest BCUT2D eigenvalue weighted by Gasteiger charge is -2.12. The van der Waals surface area contributed by atoms with Crippen LogP contribution in [-0.2, 0) is 0 Å². The molecule has 0 aliphatic carbocycles. The summed E-state index contributed by atoms with van der Waals surface area (Å²) in [5, 5.41) is 7.69. The maximum absolute atomic E-state index is 7.69. The van der Waals surface area contributed by atoms with Crippen molar-refractivity contribution >= 4 is 29.4 Å². The van der Waals surface area contributed by atoms with Crippen LogP contribution in [-0.4, -0.2) is 17.8 Å². The lowest BCUT2D eigenvalue weighted by atomic mass is 10.2. The minimum Gasteiger partial charge on any atom is -0.384 e. The van der Waals surface area contributed by atoms with Crippen LogP contribution in [0.1, 0.15) is 25.8 Å². The molecule has 1 aromatic rings. The van der Waals surface area contributed by atoms with Gasteiger partial charge in [0, 0.05) is 15.4 Å². The summed E-state index contributed by atoms with van der Waals surface area (Å²) in [6.07, 6.45) is 3.20. The summed E-state index contributed by atoms with van der Waals surface area (Å²) in [7, 11) is 0. The highest BCUT2D eigenvalue weighted by atomic mass is 32.2. The Balaban J connectivity index is 2.87. The zero-order chi connectivity index (χ0) is 12.8. The van der Waals surface area contributed by atoms with E-state index in [1.54, 1.807) is 23.5 Å². The van der Waals surface area contributed by atoms with Crippen LogP contribution in [0, 0.1) is 11.3 Å². The molecule has 1 rings (SSSR count). The van der Waals surface area contributed by atoms with E-state index in [2.05, 4.69) is 19.9 Å². The molecular formula is C13H20N2S2. The molecule has 2 nitrogen and oxygen atoms in total. The maximum atomic E-state index is 7.69. The summed E-state index contributed by atoms with van der Waals surface area (Å²) >= 11 is 3.44. The molecule has 0 fully saturated rings. The lowest BCUT2D eigenvalue weighted by molar-refractivity contribution is 0.632. The van der Waals surface area contributed by atoms with Gasteiger partial charge in [0.25, 0.3) is 0 Å². The van der Waals surface area contributed by atoms with Gasteiger partial charge in [-0.15, -0.1) is 23.5 Å². The highest BCUT2D eigenvalue weighted by Crippen LogP contribution is 2.30. The second kappa shape index (κ2) is 6.97. The van der Waals surface area contributed by atoms with Crippen molar-refractivity contribution < 1.29 is 0 Å². The summed E-state index contributed by atoms with van der Waals surface area (Å²) in [5.41, 5.74) is 6.58. The van der Waals surface area contributed by atoms with Gasteiger partial charge in [0.15, 0.2) is 0 Å². The van der Waals surface area contributed by atoms with Gasteiger partial charge in [0.2, 0.25) is 0 Å². The van der Waals surface area contributed by atoms with Gasteiger partial charge in [-0.05, 0) is 36.5 Å². The van der Waals surface area contributed by atoms with E-state index in [9.17, 15) is 0 Å². The molecule has 0 aliphatic rings. The number of hydrogen-bond donors (Lipinski definition) is 2. The van der Waals surface area contributed by atoms with E-state index in [1.807, 2.05) is 18.4 Å². The van der Waals surface area contributed by atoms with Crippen molar-refractivity contribution in [2.45, 2.75) is 30.1 Å². The molecule has 17 heavy (non-hydrogen) atoms. The van der Waals surface area contributed by atoms with Crippen LogP contribution in [0.4, 0.5) is 0 Å². The molecule has 0 aromatic heterocycles. The van der Waals surface area contributed by atoms with E-state index in [-0.39, 0.29) is 5.84 Å². The lowest BCUT2D eigenvalue weighted by Crippen LogP contribution is -2.13. The van der Waals surface area contributed by atoms with Gasteiger partial charge in [-0.3, -0.25) is 5.41 Å². The van der Waals surface area contributed by atoms with Gasteiger partial charge in [0.1, 0.15) is 5.84 Å². The van der Waals surface area contributed by atoms with Crippen LogP contribution >= 0.6 is 23.5 Å². The van der Waals surface area contributed by atoms with Crippen LogP contribution in [0.15, 0.2) is 28.0 Å². The quantitative estimate of drug-likeness (QED) is 0.468. The molecule has 94 valence electrons. The van der Waals surface area contributed by atoms with E-state index in [4.69, 9.17) is 11.1 Å². The Bertz CT molecular complexity index is 389. The predicted molar refractivity (Wildman–Crippen MR) is 79.4 cm³/mol. The Morgan fingerprint density at radius 3 is 2.53 bits per heavy atom. The Morgan fingerprint density at radius 2 is 2.00 bits per heavy atom. The normalized spacial score (nSPS) is 10.8. The summed E-state index contributed by atoms with van der Waals surface area (Å²) in [6.45, 7) is 4.45. The molecule has 0 saturated carbocycles. The third-order valence-electron chi connectivity index (χ3n) is 2.43. The first-order valence-electron chi connectivity index (χ1n) is 5.70. The molecule has 4 heteroatoms. The van der Waals surface area contributed by atoms with Crippen LogP contribution in [0.5, 0.6) is 0 Å². The minimum absolute atomic E-state index is 0.169. The molecule has 0 saturated heterocycles. The number of amidine groups is 1. The zero-order valence-electron chi connectivity index (χ0n) is 10.6. The van der Waals surface area contributed by atoms with Crippen molar-refractivity contribution in [2.24, 2.45) is 11.7 Å². The van der Waals surface area contributed by atoms with Gasteiger partial charge in [-0.25, -0.2) is 0 Å². The molecule has 0 amide bonds. The van der Waals surface area contributed by atoms with Crippen molar-refractivity contribution in [3.63, 3.8) is 0 Å². The molecule has 0 heterocycles. The number of rotatable bonds is 6. The number of hydrogen-bond acceptors (Lipinski definition) is 3. The van der Waals surface area contributed by atoms with E-state index in [0.29, 0.717) is 5.92 Å². The second-order valence-corrected chi connectivity index (χ2v) is 6.26. The molecule has 0 unspecified atom stereocenters. The van der Waals surface area contributed by atoms with Crippen molar-refractivity contribution in [1.29, 1.82) is 5.41 Å². The van der Waals surface area contributed by atoms with Gasteiger partial charge in [-0.1, -0.05) is 19.9 Å². The number of benzene rings is 1. The molecule has 0 aliphatic heterocycles. The molecule has 0 atom stereocenters. The first kappa shape index (κ1) is 14.5. The number of thioether (sulfide) groups is 2. The molecule has 3 N–H and O–H groups in total. The molecule has 0 spiro atoms. The molecule has 0 radical (unpaired) electrons.